The van der Waals surface area contributed by atoms with E-state index in [2.05, 4.69) is 22.4 Å². The van der Waals surface area contributed by atoms with Crippen molar-refractivity contribution in [3.05, 3.63) is 59.4 Å². The number of carbonyl (C=O) groups excluding carboxylic acids is 1. The zero-order valence-corrected chi connectivity index (χ0v) is 11.0. The number of hydrogen-bond acceptors (Lipinski definition) is 3. The van der Waals surface area contributed by atoms with Gasteiger partial charge in [-0.05, 0) is 36.5 Å². The fourth-order valence-electron chi connectivity index (χ4n) is 2.66. The molecule has 1 heterocycles. The Hall–Kier alpha value is -2.36. The predicted molar refractivity (Wildman–Crippen MR) is 75.6 cm³/mol. The van der Waals surface area contributed by atoms with Crippen LogP contribution in [0, 0.1) is 0 Å². The standard InChI is InChI=1S/C16H16N2O2/c19-15-10-17-8-7-14(15)16(20)18-13-6-5-11-3-1-2-4-12(11)9-13/h1-4,7-8,10,13,19H,5-6,9H2,(H,18,20). The van der Waals surface area contributed by atoms with Crippen molar-refractivity contribution in [2.24, 2.45) is 0 Å². The molecular weight excluding hydrogens is 252 g/mol. The van der Waals surface area contributed by atoms with Crippen molar-refractivity contribution < 1.29 is 9.90 Å². The number of amides is 1. The van der Waals surface area contributed by atoms with Gasteiger partial charge in [-0.15, -0.1) is 0 Å². The summed E-state index contributed by atoms with van der Waals surface area (Å²) < 4.78 is 0. The van der Waals surface area contributed by atoms with E-state index >= 15 is 0 Å². The maximum Gasteiger partial charge on any atom is 0.255 e. The number of nitrogens with zero attached hydrogens (tertiary/aromatic N) is 1. The van der Waals surface area contributed by atoms with E-state index in [0.29, 0.717) is 0 Å². The number of rotatable bonds is 2. The zero-order valence-electron chi connectivity index (χ0n) is 11.0. The highest BCUT2D eigenvalue weighted by atomic mass is 16.3. The maximum absolute atomic E-state index is 12.1. The first-order valence-corrected chi connectivity index (χ1v) is 6.74. The highest BCUT2D eigenvalue weighted by molar-refractivity contribution is 5.96. The van der Waals surface area contributed by atoms with E-state index in [1.54, 1.807) is 0 Å². The van der Waals surface area contributed by atoms with Crippen LogP contribution in [0.5, 0.6) is 5.75 Å². The molecule has 2 aromatic rings. The number of aryl methyl sites for hydroxylation is 1. The normalized spacial score (nSPS) is 17.3. The minimum absolute atomic E-state index is 0.0822. The summed E-state index contributed by atoms with van der Waals surface area (Å²) in [6.07, 6.45) is 5.53. The van der Waals surface area contributed by atoms with Gasteiger partial charge in [0, 0.05) is 12.2 Å². The van der Waals surface area contributed by atoms with Crippen LogP contribution < -0.4 is 5.32 Å². The molecule has 1 aromatic heterocycles. The summed E-state index contributed by atoms with van der Waals surface area (Å²) in [6.45, 7) is 0. The second kappa shape index (κ2) is 5.33. The molecule has 1 aliphatic rings. The van der Waals surface area contributed by atoms with Gasteiger partial charge >= 0.3 is 0 Å². The van der Waals surface area contributed by atoms with Crippen LogP contribution in [-0.2, 0) is 12.8 Å². The Morgan fingerprint density at radius 3 is 2.85 bits per heavy atom. The molecule has 3 rings (SSSR count). The summed E-state index contributed by atoms with van der Waals surface area (Å²) in [5.74, 6) is -0.324. The first kappa shape index (κ1) is 12.7. The summed E-state index contributed by atoms with van der Waals surface area (Å²) in [5, 5.41) is 12.6. The minimum Gasteiger partial charge on any atom is -0.505 e. The van der Waals surface area contributed by atoms with E-state index < -0.39 is 0 Å². The van der Waals surface area contributed by atoms with Crippen molar-refractivity contribution in [2.75, 3.05) is 0 Å². The molecule has 0 saturated carbocycles. The SMILES string of the molecule is O=C(NC1CCc2ccccc2C1)c1ccncc1O. The summed E-state index contributed by atoms with van der Waals surface area (Å²) in [6, 6.07) is 9.97. The average molecular weight is 268 g/mol. The van der Waals surface area contributed by atoms with Crippen LogP contribution in [0.2, 0.25) is 0 Å². The van der Waals surface area contributed by atoms with Crippen LogP contribution in [0.3, 0.4) is 0 Å². The second-order valence-electron chi connectivity index (χ2n) is 5.07. The molecule has 102 valence electrons. The topological polar surface area (TPSA) is 62.2 Å². The number of aromatic hydroxyl groups is 1. The summed E-state index contributed by atoms with van der Waals surface area (Å²) in [7, 11) is 0. The lowest BCUT2D eigenvalue weighted by Gasteiger charge is -2.25. The van der Waals surface area contributed by atoms with E-state index in [1.807, 2.05) is 12.1 Å². The molecule has 1 unspecified atom stereocenters. The fourth-order valence-corrected chi connectivity index (χ4v) is 2.66. The lowest BCUT2D eigenvalue weighted by atomic mass is 9.88. The Labute approximate surface area is 117 Å². The van der Waals surface area contributed by atoms with Crippen molar-refractivity contribution in [1.82, 2.24) is 10.3 Å². The van der Waals surface area contributed by atoms with E-state index in [-0.39, 0.29) is 23.3 Å². The Morgan fingerprint density at radius 2 is 2.05 bits per heavy atom. The number of hydrogen-bond donors (Lipinski definition) is 2. The molecule has 1 atom stereocenters. The maximum atomic E-state index is 12.1. The van der Waals surface area contributed by atoms with Gasteiger partial charge in [0.2, 0.25) is 0 Å². The van der Waals surface area contributed by atoms with Gasteiger partial charge in [0.25, 0.3) is 5.91 Å². The average Bonchev–Trinajstić information content (AvgIpc) is 2.47. The van der Waals surface area contributed by atoms with Crippen LogP contribution in [0.4, 0.5) is 0 Å². The van der Waals surface area contributed by atoms with Crippen LogP contribution >= 0.6 is 0 Å². The van der Waals surface area contributed by atoms with Gasteiger partial charge in [-0.2, -0.15) is 0 Å². The molecule has 0 bridgehead atoms. The molecule has 4 nitrogen and oxygen atoms in total. The Balaban J connectivity index is 1.71. The van der Waals surface area contributed by atoms with E-state index in [9.17, 15) is 9.90 Å². The van der Waals surface area contributed by atoms with Gasteiger partial charge in [-0.1, -0.05) is 24.3 Å². The Bertz CT molecular complexity index is 640. The van der Waals surface area contributed by atoms with Crippen molar-refractivity contribution in [3.63, 3.8) is 0 Å². The van der Waals surface area contributed by atoms with E-state index in [0.717, 1.165) is 19.3 Å². The minimum atomic E-state index is -0.241. The number of fused-ring (bicyclic) bond motifs is 1. The first-order valence-electron chi connectivity index (χ1n) is 6.74. The number of aromatic nitrogens is 1. The predicted octanol–water partition coefficient (Wildman–Crippen LogP) is 2.07. The molecule has 1 aromatic carbocycles. The van der Waals surface area contributed by atoms with Crippen LogP contribution in [-0.4, -0.2) is 22.0 Å². The second-order valence-corrected chi connectivity index (χ2v) is 5.07. The van der Waals surface area contributed by atoms with Crippen LogP contribution in [0.25, 0.3) is 0 Å². The molecule has 1 amide bonds. The van der Waals surface area contributed by atoms with Crippen molar-refractivity contribution in [2.45, 2.75) is 25.3 Å². The third-order valence-electron chi connectivity index (χ3n) is 3.73. The molecule has 2 N–H and O–H groups in total. The monoisotopic (exact) mass is 268 g/mol. The van der Waals surface area contributed by atoms with Gasteiger partial charge in [-0.25, -0.2) is 0 Å². The molecule has 20 heavy (non-hydrogen) atoms. The quantitative estimate of drug-likeness (QED) is 0.876. The fraction of sp³-hybridized carbons (Fsp3) is 0.250. The summed E-state index contributed by atoms with van der Waals surface area (Å²) in [5.41, 5.74) is 2.94. The van der Waals surface area contributed by atoms with Gasteiger partial charge in [-0.3, -0.25) is 9.78 Å². The molecule has 0 fully saturated rings. The Morgan fingerprint density at radius 1 is 1.25 bits per heavy atom. The molecular formula is C16H16N2O2. The number of benzene rings is 1. The molecule has 0 radical (unpaired) electrons. The van der Waals surface area contributed by atoms with Crippen molar-refractivity contribution in [1.29, 1.82) is 0 Å². The molecule has 0 spiro atoms. The van der Waals surface area contributed by atoms with Crippen molar-refractivity contribution in [3.8, 4) is 5.75 Å². The van der Waals surface area contributed by atoms with Gasteiger partial charge in [0.1, 0.15) is 5.75 Å². The molecule has 4 heteroatoms. The van der Waals surface area contributed by atoms with E-state index in [4.69, 9.17) is 0 Å². The lowest BCUT2D eigenvalue weighted by Crippen LogP contribution is -2.38. The largest absolute Gasteiger partial charge is 0.505 e. The van der Waals surface area contributed by atoms with Gasteiger partial charge in [0.15, 0.2) is 0 Å². The summed E-state index contributed by atoms with van der Waals surface area (Å²) >= 11 is 0. The highest BCUT2D eigenvalue weighted by Crippen LogP contribution is 2.22. The third kappa shape index (κ3) is 2.50. The third-order valence-corrected chi connectivity index (χ3v) is 3.73. The molecule has 1 aliphatic carbocycles. The molecule has 0 aliphatic heterocycles. The van der Waals surface area contributed by atoms with Gasteiger partial charge < -0.3 is 10.4 Å². The number of pyridine rings is 1. The van der Waals surface area contributed by atoms with E-state index in [1.165, 1.54) is 29.6 Å². The number of nitrogens with one attached hydrogen (secondary N) is 1. The van der Waals surface area contributed by atoms with Crippen LogP contribution in [0.1, 0.15) is 27.9 Å². The van der Waals surface area contributed by atoms with Crippen LogP contribution in [0.15, 0.2) is 42.7 Å². The number of carbonyl (C=O) groups is 1. The van der Waals surface area contributed by atoms with Crippen molar-refractivity contribution >= 4 is 5.91 Å². The Kier molecular flexibility index (Phi) is 3.37. The highest BCUT2D eigenvalue weighted by Gasteiger charge is 2.21. The lowest BCUT2D eigenvalue weighted by molar-refractivity contribution is 0.0931. The molecule has 0 saturated heterocycles. The van der Waals surface area contributed by atoms with Gasteiger partial charge in [0.05, 0.1) is 11.8 Å². The smallest absolute Gasteiger partial charge is 0.255 e. The first-order chi connectivity index (χ1) is 9.74. The summed E-state index contributed by atoms with van der Waals surface area (Å²) in [4.78, 5) is 15.9. The zero-order chi connectivity index (χ0) is 13.9.